The van der Waals surface area contributed by atoms with Crippen LogP contribution in [-0.4, -0.2) is 17.8 Å². The second kappa shape index (κ2) is 7.12. The molecule has 0 aliphatic heterocycles. The lowest BCUT2D eigenvalue weighted by Gasteiger charge is -2.17. The molecule has 0 aromatic heterocycles. The van der Waals surface area contributed by atoms with Gasteiger partial charge in [-0.05, 0) is 24.1 Å². The summed E-state index contributed by atoms with van der Waals surface area (Å²) in [4.78, 5) is 0. The first kappa shape index (κ1) is 14.6. The minimum Gasteiger partial charge on any atom is -0.395 e. The molecule has 0 radical (unpaired) electrons. The van der Waals surface area contributed by atoms with E-state index >= 15 is 0 Å². The van der Waals surface area contributed by atoms with E-state index in [1.807, 2.05) is 30.3 Å². The summed E-state index contributed by atoms with van der Waals surface area (Å²) in [6, 6.07) is 13.2. The van der Waals surface area contributed by atoms with Crippen LogP contribution in [0.15, 0.2) is 48.5 Å². The van der Waals surface area contributed by atoms with Crippen LogP contribution in [0.4, 0.5) is 8.78 Å². The summed E-state index contributed by atoms with van der Waals surface area (Å²) in [5.41, 5.74) is 1.06. The smallest absolute Gasteiger partial charge is 0.130 e. The van der Waals surface area contributed by atoms with Gasteiger partial charge in [-0.15, -0.1) is 0 Å². The number of hydrogen-bond donors (Lipinski definition) is 2. The number of aliphatic hydroxyl groups excluding tert-OH is 1. The van der Waals surface area contributed by atoms with Gasteiger partial charge in [0.05, 0.1) is 6.61 Å². The molecule has 0 spiro atoms. The predicted octanol–water partition coefficient (Wildman–Crippen LogP) is 2.66. The molecule has 4 heteroatoms. The largest absolute Gasteiger partial charge is 0.395 e. The van der Waals surface area contributed by atoms with E-state index in [1.165, 1.54) is 18.2 Å². The standard InChI is InChI=1S/C16H17F2NO/c17-15-7-4-8-16(18)14(15)10-19-13(11-20)9-12-5-2-1-3-6-12/h1-8,13,19-20H,9-11H2/t13-/m1/s1. The highest BCUT2D eigenvalue weighted by molar-refractivity contribution is 5.20. The van der Waals surface area contributed by atoms with Gasteiger partial charge in [0.15, 0.2) is 0 Å². The maximum absolute atomic E-state index is 13.5. The Morgan fingerprint density at radius 1 is 0.950 bits per heavy atom. The van der Waals surface area contributed by atoms with Gasteiger partial charge in [0.1, 0.15) is 11.6 Å². The summed E-state index contributed by atoms with van der Waals surface area (Å²) >= 11 is 0. The van der Waals surface area contributed by atoms with Gasteiger partial charge < -0.3 is 10.4 Å². The van der Waals surface area contributed by atoms with Gasteiger partial charge in [0.2, 0.25) is 0 Å². The van der Waals surface area contributed by atoms with Gasteiger partial charge in [0.25, 0.3) is 0 Å². The Bertz CT molecular complexity index is 525. The van der Waals surface area contributed by atoms with Crippen LogP contribution in [0.1, 0.15) is 11.1 Å². The van der Waals surface area contributed by atoms with Crippen LogP contribution in [0.2, 0.25) is 0 Å². The average molecular weight is 277 g/mol. The van der Waals surface area contributed by atoms with E-state index < -0.39 is 11.6 Å². The van der Waals surface area contributed by atoms with Gasteiger partial charge in [0, 0.05) is 18.2 Å². The van der Waals surface area contributed by atoms with Crippen molar-refractivity contribution in [1.82, 2.24) is 5.32 Å². The summed E-state index contributed by atoms with van der Waals surface area (Å²) in [7, 11) is 0. The van der Waals surface area contributed by atoms with Gasteiger partial charge in [-0.25, -0.2) is 8.78 Å². The molecule has 106 valence electrons. The van der Waals surface area contributed by atoms with Gasteiger partial charge in [-0.3, -0.25) is 0 Å². The molecular formula is C16H17F2NO. The molecule has 0 aliphatic carbocycles. The first-order chi connectivity index (χ1) is 9.70. The zero-order chi connectivity index (χ0) is 14.4. The van der Waals surface area contributed by atoms with Crippen molar-refractivity contribution in [3.63, 3.8) is 0 Å². The summed E-state index contributed by atoms with van der Waals surface area (Å²) in [6.45, 7) is -0.0401. The third-order valence-corrected chi connectivity index (χ3v) is 3.17. The third-order valence-electron chi connectivity index (χ3n) is 3.17. The molecule has 2 N–H and O–H groups in total. The molecule has 0 unspecified atom stereocenters. The van der Waals surface area contributed by atoms with Crippen LogP contribution in [-0.2, 0) is 13.0 Å². The van der Waals surface area contributed by atoms with Crippen LogP contribution in [0.3, 0.4) is 0 Å². The van der Waals surface area contributed by atoms with E-state index in [9.17, 15) is 13.9 Å². The molecule has 1 atom stereocenters. The Morgan fingerprint density at radius 3 is 2.20 bits per heavy atom. The molecule has 0 aliphatic rings. The van der Waals surface area contributed by atoms with Crippen molar-refractivity contribution in [3.8, 4) is 0 Å². The average Bonchev–Trinajstić information content (AvgIpc) is 2.46. The van der Waals surface area contributed by atoms with E-state index in [4.69, 9.17) is 0 Å². The minimum atomic E-state index is -0.575. The van der Waals surface area contributed by atoms with E-state index in [-0.39, 0.29) is 24.8 Å². The molecule has 20 heavy (non-hydrogen) atoms. The van der Waals surface area contributed by atoms with Crippen LogP contribution in [0.25, 0.3) is 0 Å². The zero-order valence-corrected chi connectivity index (χ0v) is 11.0. The van der Waals surface area contributed by atoms with Gasteiger partial charge in [-0.2, -0.15) is 0 Å². The lowest BCUT2D eigenvalue weighted by Crippen LogP contribution is -2.34. The van der Waals surface area contributed by atoms with Crippen molar-refractivity contribution in [2.75, 3.05) is 6.61 Å². The van der Waals surface area contributed by atoms with E-state index in [2.05, 4.69) is 5.32 Å². The monoisotopic (exact) mass is 277 g/mol. The molecule has 0 heterocycles. The van der Waals surface area contributed by atoms with Crippen LogP contribution >= 0.6 is 0 Å². The molecule has 0 saturated carbocycles. The highest BCUT2D eigenvalue weighted by Gasteiger charge is 2.12. The lowest BCUT2D eigenvalue weighted by atomic mass is 10.1. The Morgan fingerprint density at radius 2 is 1.60 bits per heavy atom. The molecule has 0 fully saturated rings. The van der Waals surface area contributed by atoms with Crippen molar-refractivity contribution in [1.29, 1.82) is 0 Å². The van der Waals surface area contributed by atoms with Crippen molar-refractivity contribution >= 4 is 0 Å². The maximum atomic E-state index is 13.5. The number of rotatable bonds is 6. The summed E-state index contributed by atoms with van der Waals surface area (Å²) in [5.74, 6) is -1.15. The second-order valence-electron chi connectivity index (χ2n) is 4.65. The topological polar surface area (TPSA) is 32.3 Å². The lowest BCUT2D eigenvalue weighted by molar-refractivity contribution is 0.240. The first-order valence-electron chi connectivity index (χ1n) is 6.51. The number of hydrogen-bond acceptors (Lipinski definition) is 2. The molecule has 0 bridgehead atoms. The third kappa shape index (κ3) is 3.85. The fraction of sp³-hybridized carbons (Fsp3) is 0.250. The van der Waals surface area contributed by atoms with E-state index in [1.54, 1.807) is 0 Å². The van der Waals surface area contributed by atoms with Crippen LogP contribution in [0, 0.1) is 11.6 Å². The molecule has 2 aromatic carbocycles. The number of nitrogens with one attached hydrogen (secondary N) is 1. The van der Waals surface area contributed by atoms with Crippen molar-refractivity contribution in [3.05, 3.63) is 71.3 Å². The fourth-order valence-corrected chi connectivity index (χ4v) is 2.05. The Hall–Kier alpha value is -1.78. The Kier molecular flexibility index (Phi) is 5.21. The molecular weight excluding hydrogens is 260 g/mol. The summed E-state index contributed by atoms with van der Waals surface area (Å²) in [5, 5.41) is 12.3. The first-order valence-corrected chi connectivity index (χ1v) is 6.51. The van der Waals surface area contributed by atoms with Crippen LogP contribution < -0.4 is 5.32 Å². The zero-order valence-electron chi connectivity index (χ0n) is 11.0. The normalized spacial score (nSPS) is 12.3. The molecule has 0 saturated heterocycles. The molecule has 2 aromatic rings. The Balaban J connectivity index is 1.97. The number of benzene rings is 2. The highest BCUT2D eigenvalue weighted by atomic mass is 19.1. The minimum absolute atomic E-state index is 0.000915. The highest BCUT2D eigenvalue weighted by Crippen LogP contribution is 2.12. The molecule has 0 amide bonds. The SMILES string of the molecule is OC[C@@H](Cc1ccccc1)NCc1c(F)cccc1F. The predicted molar refractivity (Wildman–Crippen MR) is 74.2 cm³/mol. The molecule has 2 rings (SSSR count). The van der Waals surface area contributed by atoms with Crippen molar-refractivity contribution in [2.45, 2.75) is 19.0 Å². The van der Waals surface area contributed by atoms with Crippen LogP contribution in [0.5, 0.6) is 0 Å². The van der Waals surface area contributed by atoms with E-state index in [0.29, 0.717) is 6.42 Å². The molecule has 2 nitrogen and oxygen atoms in total. The maximum Gasteiger partial charge on any atom is 0.130 e. The Labute approximate surface area is 117 Å². The fourth-order valence-electron chi connectivity index (χ4n) is 2.05. The number of aliphatic hydroxyl groups is 1. The van der Waals surface area contributed by atoms with Crippen molar-refractivity contribution in [2.24, 2.45) is 0 Å². The van der Waals surface area contributed by atoms with E-state index in [0.717, 1.165) is 5.56 Å². The quantitative estimate of drug-likeness (QED) is 0.851. The second-order valence-corrected chi connectivity index (χ2v) is 4.65. The summed E-state index contributed by atoms with van der Waals surface area (Å²) < 4.78 is 27.0. The van der Waals surface area contributed by atoms with Gasteiger partial charge >= 0.3 is 0 Å². The van der Waals surface area contributed by atoms with Crippen molar-refractivity contribution < 1.29 is 13.9 Å². The summed E-state index contributed by atoms with van der Waals surface area (Å²) in [6.07, 6.45) is 0.605. The number of halogens is 2. The van der Waals surface area contributed by atoms with Gasteiger partial charge in [-0.1, -0.05) is 36.4 Å².